The number of hydrogen-bond donors (Lipinski definition) is 1. The molecular weight excluding hydrogens is 396 g/mol. The fraction of sp³-hybridized carbons (Fsp3) is 0.250. The number of carbonyl (C=O) groups is 1. The lowest BCUT2D eigenvalue weighted by Crippen LogP contribution is -2.37. The lowest BCUT2D eigenvalue weighted by molar-refractivity contribution is -0.129. The van der Waals surface area contributed by atoms with Gasteiger partial charge < -0.3 is 9.64 Å². The van der Waals surface area contributed by atoms with Gasteiger partial charge in [-0.15, -0.1) is 5.10 Å². The van der Waals surface area contributed by atoms with E-state index in [-0.39, 0.29) is 5.91 Å². The smallest absolute Gasteiger partial charge is 0.233 e. The number of thioether (sulfide) groups is 1. The van der Waals surface area contributed by atoms with Crippen molar-refractivity contribution in [3.8, 4) is 17.1 Å². The van der Waals surface area contributed by atoms with Crippen LogP contribution in [-0.4, -0.2) is 45.4 Å². The molecule has 0 saturated carbocycles. The molecule has 0 radical (unpaired) electrons. The zero-order chi connectivity index (χ0) is 19.5. The molecule has 2 aromatic carbocycles. The molecule has 28 heavy (non-hydrogen) atoms. The molecule has 0 aliphatic carbocycles. The van der Waals surface area contributed by atoms with E-state index in [1.165, 1.54) is 22.9 Å². The van der Waals surface area contributed by atoms with Gasteiger partial charge in [-0.25, -0.2) is 4.98 Å². The van der Waals surface area contributed by atoms with Crippen LogP contribution in [0.4, 0.5) is 0 Å². The van der Waals surface area contributed by atoms with E-state index in [2.05, 4.69) is 27.3 Å². The van der Waals surface area contributed by atoms with Crippen LogP contribution in [0.5, 0.6) is 5.75 Å². The van der Waals surface area contributed by atoms with Gasteiger partial charge in [-0.2, -0.15) is 0 Å². The van der Waals surface area contributed by atoms with Crippen LogP contribution < -0.4 is 4.74 Å². The Balaban J connectivity index is 1.40. The van der Waals surface area contributed by atoms with Gasteiger partial charge in [0.25, 0.3) is 0 Å². The number of aromatic amines is 1. The van der Waals surface area contributed by atoms with Crippen LogP contribution in [0.25, 0.3) is 11.4 Å². The second-order valence-electron chi connectivity index (χ2n) is 6.43. The van der Waals surface area contributed by atoms with Crippen molar-refractivity contribution in [2.45, 2.75) is 18.1 Å². The van der Waals surface area contributed by atoms with Crippen molar-refractivity contribution in [2.24, 2.45) is 0 Å². The van der Waals surface area contributed by atoms with E-state index >= 15 is 0 Å². The summed E-state index contributed by atoms with van der Waals surface area (Å²) < 4.78 is 5.36. The van der Waals surface area contributed by atoms with E-state index in [4.69, 9.17) is 16.3 Å². The molecule has 1 aliphatic rings. The zero-order valence-corrected chi connectivity index (χ0v) is 16.9. The molecule has 0 saturated heterocycles. The van der Waals surface area contributed by atoms with Gasteiger partial charge in [-0.1, -0.05) is 47.6 Å². The summed E-state index contributed by atoms with van der Waals surface area (Å²) in [5.74, 6) is 1.60. The van der Waals surface area contributed by atoms with Crippen LogP contribution in [-0.2, 0) is 17.8 Å². The summed E-state index contributed by atoms with van der Waals surface area (Å²) in [7, 11) is 1.59. The summed E-state index contributed by atoms with van der Waals surface area (Å²) in [4.78, 5) is 19.0. The molecule has 4 rings (SSSR count). The Morgan fingerprint density at radius 2 is 2.11 bits per heavy atom. The van der Waals surface area contributed by atoms with E-state index in [0.717, 1.165) is 18.5 Å². The molecule has 144 valence electrons. The molecule has 3 aromatic rings. The molecular formula is C20H19ClN4O2S. The number of rotatable bonds is 5. The number of nitrogens with zero attached hydrogens (tertiary/aromatic N) is 3. The van der Waals surface area contributed by atoms with Crippen LogP contribution >= 0.6 is 23.4 Å². The van der Waals surface area contributed by atoms with E-state index < -0.39 is 0 Å². The number of H-pyrrole nitrogens is 1. The zero-order valence-electron chi connectivity index (χ0n) is 15.3. The first-order chi connectivity index (χ1) is 13.6. The monoisotopic (exact) mass is 414 g/mol. The van der Waals surface area contributed by atoms with Crippen LogP contribution in [0.15, 0.2) is 47.6 Å². The summed E-state index contributed by atoms with van der Waals surface area (Å²) in [6, 6.07) is 13.6. The second kappa shape index (κ2) is 8.24. The largest absolute Gasteiger partial charge is 0.496 e. The topological polar surface area (TPSA) is 71.1 Å². The van der Waals surface area contributed by atoms with Crippen LogP contribution in [0.3, 0.4) is 0 Å². The SMILES string of the molecule is COc1ccc(Cl)cc1-c1nc(SCC(=O)N2CCc3ccccc3C2)n[nH]1. The Morgan fingerprint density at radius 3 is 2.93 bits per heavy atom. The van der Waals surface area contributed by atoms with Crippen molar-refractivity contribution in [3.63, 3.8) is 0 Å². The van der Waals surface area contributed by atoms with Crippen molar-refractivity contribution in [2.75, 3.05) is 19.4 Å². The van der Waals surface area contributed by atoms with Gasteiger partial charge in [0.15, 0.2) is 5.82 Å². The number of amides is 1. The van der Waals surface area contributed by atoms with Crippen molar-refractivity contribution in [1.82, 2.24) is 20.1 Å². The highest BCUT2D eigenvalue weighted by Crippen LogP contribution is 2.31. The molecule has 1 amide bonds. The molecule has 0 fully saturated rings. The quantitative estimate of drug-likeness (QED) is 0.643. The standard InChI is InChI=1S/C20H19ClN4O2S/c1-27-17-7-6-15(21)10-16(17)19-22-20(24-23-19)28-12-18(26)25-9-8-13-4-2-3-5-14(13)11-25/h2-7,10H,8-9,11-12H2,1H3,(H,22,23,24). The normalized spacial score (nSPS) is 13.3. The van der Waals surface area contributed by atoms with Crippen LogP contribution in [0, 0.1) is 0 Å². The molecule has 0 bridgehead atoms. The van der Waals surface area contributed by atoms with Crippen molar-refractivity contribution in [3.05, 3.63) is 58.6 Å². The number of methoxy groups -OCH3 is 1. The van der Waals surface area contributed by atoms with Gasteiger partial charge in [0.1, 0.15) is 5.75 Å². The first-order valence-electron chi connectivity index (χ1n) is 8.87. The first-order valence-corrected chi connectivity index (χ1v) is 10.2. The van der Waals surface area contributed by atoms with E-state index in [1.807, 2.05) is 17.0 Å². The number of hydrogen-bond acceptors (Lipinski definition) is 5. The fourth-order valence-electron chi connectivity index (χ4n) is 3.22. The maximum atomic E-state index is 12.6. The highest BCUT2D eigenvalue weighted by molar-refractivity contribution is 7.99. The van der Waals surface area contributed by atoms with E-state index in [0.29, 0.717) is 34.1 Å². The highest BCUT2D eigenvalue weighted by Gasteiger charge is 2.21. The Morgan fingerprint density at radius 1 is 1.29 bits per heavy atom. The van der Waals surface area contributed by atoms with Gasteiger partial charge in [-0.05, 0) is 35.7 Å². The molecule has 0 atom stereocenters. The lowest BCUT2D eigenvalue weighted by Gasteiger charge is -2.28. The maximum absolute atomic E-state index is 12.6. The average Bonchev–Trinajstić information content (AvgIpc) is 3.20. The molecule has 1 N–H and O–H groups in total. The Bertz CT molecular complexity index is 1010. The summed E-state index contributed by atoms with van der Waals surface area (Å²) >= 11 is 7.40. The van der Waals surface area contributed by atoms with E-state index in [9.17, 15) is 4.79 Å². The van der Waals surface area contributed by atoms with E-state index in [1.54, 1.807) is 25.3 Å². The summed E-state index contributed by atoms with van der Waals surface area (Å²) in [5, 5.41) is 8.20. The first kappa shape index (κ1) is 18.8. The third-order valence-corrected chi connectivity index (χ3v) is 5.76. The third kappa shape index (κ3) is 4.00. The Hall–Kier alpha value is -2.51. The molecule has 2 heterocycles. The summed E-state index contributed by atoms with van der Waals surface area (Å²) in [6.45, 7) is 1.41. The number of fused-ring (bicyclic) bond motifs is 1. The average molecular weight is 415 g/mol. The van der Waals surface area contributed by atoms with Crippen molar-refractivity contribution in [1.29, 1.82) is 0 Å². The molecule has 0 unspecified atom stereocenters. The summed E-state index contributed by atoms with van der Waals surface area (Å²) in [6.07, 6.45) is 0.895. The van der Waals surface area contributed by atoms with Crippen molar-refractivity contribution >= 4 is 29.3 Å². The Kier molecular flexibility index (Phi) is 5.54. The highest BCUT2D eigenvalue weighted by atomic mass is 35.5. The Labute approximate surface area is 172 Å². The predicted octanol–water partition coefficient (Wildman–Crippen LogP) is 3.81. The molecule has 0 spiro atoms. The number of halogens is 1. The van der Waals surface area contributed by atoms with Gasteiger partial charge in [-0.3, -0.25) is 9.89 Å². The van der Waals surface area contributed by atoms with Crippen molar-refractivity contribution < 1.29 is 9.53 Å². The molecule has 8 heteroatoms. The number of aromatic nitrogens is 3. The third-order valence-electron chi connectivity index (χ3n) is 4.69. The molecule has 1 aliphatic heterocycles. The number of benzene rings is 2. The van der Waals surface area contributed by atoms with Gasteiger partial charge >= 0.3 is 0 Å². The minimum Gasteiger partial charge on any atom is -0.496 e. The number of nitrogens with one attached hydrogen (secondary N) is 1. The predicted molar refractivity (Wildman–Crippen MR) is 110 cm³/mol. The number of carbonyl (C=O) groups excluding carboxylic acids is 1. The van der Waals surface area contributed by atoms with Gasteiger partial charge in [0, 0.05) is 18.1 Å². The molecule has 1 aromatic heterocycles. The fourth-order valence-corrected chi connectivity index (χ4v) is 4.10. The lowest BCUT2D eigenvalue weighted by atomic mass is 10.00. The van der Waals surface area contributed by atoms with Crippen LogP contribution in [0.2, 0.25) is 5.02 Å². The van der Waals surface area contributed by atoms with Gasteiger partial charge in [0.2, 0.25) is 11.1 Å². The number of ether oxygens (including phenoxy) is 1. The maximum Gasteiger partial charge on any atom is 0.233 e. The van der Waals surface area contributed by atoms with Gasteiger partial charge in [0.05, 0.1) is 18.4 Å². The second-order valence-corrected chi connectivity index (χ2v) is 7.81. The van der Waals surface area contributed by atoms with Crippen LogP contribution in [0.1, 0.15) is 11.1 Å². The minimum atomic E-state index is 0.0891. The molecule has 6 nitrogen and oxygen atoms in total. The summed E-state index contributed by atoms with van der Waals surface area (Å²) in [5.41, 5.74) is 3.28. The minimum absolute atomic E-state index is 0.0891.